The van der Waals surface area contributed by atoms with Crippen molar-refractivity contribution in [3.8, 4) is 5.75 Å². The van der Waals surface area contributed by atoms with Crippen LogP contribution in [0, 0.1) is 0 Å². The smallest absolute Gasteiger partial charge is 0.301 e. The molecule has 1 atom stereocenters. The molecule has 1 fully saturated rings. The van der Waals surface area contributed by atoms with Gasteiger partial charge in [-0.25, -0.2) is 4.98 Å². The number of anilines is 1. The first kappa shape index (κ1) is 21.9. The molecule has 0 spiro atoms. The second-order valence-corrected chi connectivity index (χ2v) is 8.97. The van der Waals surface area contributed by atoms with Crippen LogP contribution in [-0.2, 0) is 16.0 Å². The molecule has 34 heavy (non-hydrogen) atoms. The Balaban J connectivity index is 1.73. The van der Waals surface area contributed by atoms with Crippen LogP contribution in [0.3, 0.4) is 0 Å². The van der Waals surface area contributed by atoms with Gasteiger partial charge < -0.3 is 9.84 Å². The second kappa shape index (κ2) is 8.76. The van der Waals surface area contributed by atoms with Crippen LogP contribution < -0.4 is 9.64 Å². The van der Waals surface area contributed by atoms with Gasteiger partial charge in [0.1, 0.15) is 11.5 Å². The molecule has 1 aliphatic rings. The number of thiazole rings is 1. The molecule has 6 nitrogen and oxygen atoms in total. The number of rotatable bonds is 5. The van der Waals surface area contributed by atoms with E-state index in [0.717, 1.165) is 22.2 Å². The van der Waals surface area contributed by atoms with E-state index in [0.29, 0.717) is 22.0 Å². The lowest BCUT2D eigenvalue weighted by Gasteiger charge is -2.23. The fourth-order valence-corrected chi connectivity index (χ4v) is 5.24. The first-order valence-electron chi connectivity index (χ1n) is 10.9. The van der Waals surface area contributed by atoms with Crippen molar-refractivity contribution in [2.45, 2.75) is 19.4 Å². The average Bonchev–Trinajstić information content (AvgIpc) is 3.41. The number of hydrogen-bond donors (Lipinski definition) is 1. The molecule has 2 heterocycles. The zero-order valence-corrected chi connectivity index (χ0v) is 19.5. The van der Waals surface area contributed by atoms with Gasteiger partial charge in [0.25, 0.3) is 5.78 Å². The fourth-order valence-electron chi connectivity index (χ4n) is 4.19. The van der Waals surface area contributed by atoms with Crippen molar-refractivity contribution in [1.29, 1.82) is 0 Å². The molecule has 1 N–H and O–H groups in total. The van der Waals surface area contributed by atoms with Crippen molar-refractivity contribution >= 4 is 44.1 Å². The number of fused-ring (bicyclic) bond motifs is 1. The zero-order valence-electron chi connectivity index (χ0n) is 18.7. The number of aliphatic hydroxyl groups excluding tert-OH is 1. The number of ketones is 1. The summed E-state index contributed by atoms with van der Waals surface area (Å²) in [6.07, 6.45) is 0.884. The number of aromatic nitrogens is 1. The summed E-state index contributed by atoms with van der Waals surface area (Å²) in [6.45, 7) is 2.08. The van der Waals surface area contributed by atoms with Crippen LogP contribution >= 0.6 is 11.3 Å². The Morgan fingerprint density at radius 1 is 1.06 bits per heavy atom. The number of aliphatic hydroxyl groups is 1. The van der Waals surface area contributed by atoms with Crippen molar-refractivity contribution in [3.05, 3.63) is 95.1 Å². The molecule has 4 aromatic rings. The third kappa shape index (κ3) is 3.64. The molecule has 1 unspecified atom stereocenters. The van der Waals surface area contributed by atoms with Gasteiger partial charge in [0.05, 0.1) is 28.9 Å². The van der Waals surface area contributed by atoms with Gasteiger partial charge >= 0.3 is 5.91 Å². The maximum absolute atomic E-state index is 13.4. The SMILES string of the molecule is CCc1ccc2nc(N3C(=O)C(=O)/C(=C(/O)c4ccccc4)C3c3cccc(OC)c3)sc2c1. The number of amides is 1. The van der Waals surface area contributed by atoms with E-state index in [-0.39, 0.29) is 11.3 Å². The van der Waals surface area contributed by atoms with Crippen molar-refractivity contribution in [1.82, 2.24) is 4.98 Å². The van der Waals surface area contributed by atoms with Crippen LogP contribution in [0.5, 0.6) is 5.75 Å². The number of hydrogen-bond acceptors (Lipinski definition) is 6. The van der Waals surface area contributed by atoms with E-state index in [9.17, 15) is 14.7 Å². The second-order valence-electron chi connectivity index (χ2n) is 7.96. The number of benzene rings is 3. The Morgan fingerprint density at radius 3 is 2.59 bits per heavy atom. The van der Waals surface area contributed by atoms with Gasteiger partial charge in [-0.3, -0.25) is 14.5 Å². The molecule has 1 amide bonds. The lowest BCUT2D eigenvalue weighted by atomic mass is 9.95. The number of ether oxygens (including phenoxy) is 1. The molecule has 1 saturated heterocycles. The first-order valence-corrected chi connectivity index (χ1v) is 11.7. The van der Waals surface area contributed by atoms with E-state index >= 15 is 0 Å². The summed E-state index contributed by atoms with van der Waals surface area (Å²) in [5.41, 5.74) is 3.05. The van der Waals surface area contributed by atoms with E-state index < -0.39 is 17.7 Å². The van der Waals surface area contributed by atoms with E-state index in [2.05, 4.69) is 18.0 Å². The van der Waals surface area contributed by atoms with Crippen molar-refractivity contribution in [3.63, 3.8) is 0 Å². The Labute approximate surface area is 200 Å². The number of methoxy groups -OCH3 is 1. The molecule has 0 radical (unpaired) electrons. The number of carbonyl (C=O) groups excluding carboxylic acids is 2. The molecule has 0 aliphatic carbocycles. The summed E-state index contributed by atoms with van der Waals surface area (Å²) >= 11 is 1.35. The van der Waals surface area contributed by atoms with Gasteiger partial charge in [0, 0.05) is 5.56 Å². The maximum Gasteiger partial charge on any atom is 0.301 e. The zero-order chi connectivity index (χ0) is 23.8. The minimum Gasteiger partial charge on any atom is -0.507 e. The van der Waals surface area contributed by atoms with Gasteiger partial charge in [-0.05, 0) is 41.8 Å². The van der Waals surface area contributed by atoms with Crippen LogP contribution in [-0.4, -0.2) is 28.9 Å². The number of aryl methyl sites for hydroxylation is 1. The van der Waals surface area contributed by atoms with Crippen molar-refractivity contribution < 1.29 is 19.4 Å². The topological polar surface area (TPSA) is 79.7 Å². The van der Waals surface area contributed by atoms with Crippen LogP contribution in [0.4, 0.5) is 5.13 Å². The van der Waals surface area contributed by atoms with E-state index in [4.69, 9.17) is 4.74 Å². The van der Waals surface area contributed by atoms with Crippen molar-refractivity contribution in [2.75, 3.05) is 12.0 Å². The van der Waals surface area contributed by atoms with Gasteiger partial charge in [0.15, 0.2) is 5.13 Å². The highest BCUT2D eigenvalue weighted by molar-refractivity contribution is 7.22. The highest BCUT2D eigenvalue weighted by atomic mass is 32.1. The number of carbonyl (C=O) groups is 2. The lowest BCUT2D eigenvalue weighted by Crippen LogP contribution is -2.29. The Morgan fingerprint density at radius 2 is 1.85 bits per heavy atom. The number of nitrogens with zero attached hydrogens (tertiary/aromatic N) is 2. The highest BCUT2D eigenvalue weighted by Crippen LogP contribution is 2.44. The van der Waals surface area contributed by atoms with Gasteiger partial charge in [-0.1, -0.05) is 66.8 Å². The third-order valence-corrected chi connectivity index (χ3v) is 6.97. The van der Waals surface area contributed by atoms with Crippen LogP contribution in [0.25, 0.3) is 16.0 Å². The number of Topliss-reactive ketones (excluding diaryl/α,β-unsaturated/α-hetero) is 1. The van der Waals surface area contributed by atoms with E-state index in [1.54, 1.807) is 49.6 Å². The van der Waals surface area contributed by atoms with E-state index in [1.807, 2.05) is 24.3 Å². The lowest BCUT2D eigenvalue weighted by molar-refractivity contribution is -0.132. The molecule has 5 rings (SSSR count). The molecule has 0 saturated carbocycles. The Bertz CT molecular complexity index is 1440. The standard InChI is InChI=1S/C27H22N2O4S/c1-3-16-12-13-20-21(14-16)34-27(28-20)29-23(18-10-7-11-19(15-18)33-2)22(25(31)26(29)32)24(30)17-8-5-4-6-9-17/h4-15,23,30H,3H2,1-2H3/b24-22+. The monoisotopic (exact) mass is 470 g/mol. The summed E-state index contributed by atoms with van der Waals surface area (Å²) in [7, 11) is 1.55. The minimum absolute atomic E-state index is 0.0259. The summed E-state index contributed by atoms with van der Waals surface area (Å²) < 4.78 is 6.32. The predicted molar refractivity (Wildman–Crippen MR) is 133 cm³/mol. The Kier molecular flexibility index (Phi) is 5.63. The normalized spacial score (nSPS) is 17.5. The quantitative estimate of drug-likeness (QED) is 0.237. The first-order chi connectivity index (χ1) is 16.5. The largest absolute Gasteiger partial charge is 0.507 e. The molecule has 1 aromatic heterocycles. The van der Waals surface area contributed by atoms with Crippen molar-refractivity contribution in [2.24, 2.45) is 0 Å². The Hall–Kier alpha value is -3.97. The molecule has 1 aliphatic heterocycles. The van der Waals surface area contributed by atoms with Crippen LogP contribution in [0.2, 0.25) is 0 Å². The fraction of sp³-hybridized carbons (Fsp3) is 0.148. The van der Waals surface area contributed by atoms with E-state index in [1.165, 1.54) is 16.2 Å². The van der Waals surface area contributed by atoms with Gasteiger partial charge in [-0.2, -0.15) is 0 Å². The summed E-state index contributed by atoms with van der Waals surface area (Å²) in [6, 6.07) is 21.1. The predicted octanol–water partition coefficient (Wildman–Crippen LogP) is 5.49. The van der Waals surface area contributed by atoms with Crippen LogP contribution in [0.15, 0.2) is 78.4 Å². The molecule has 3 aromatic carbocycles. The van der Waals surface area contributed by atoms with Gasteiger partial charge in [0.2, 0.25) is 0 Å². The molecule has 170 valence electrons. The summed E-state index contributed by atoms with van der Waals surface area (Å²) in [5, 5.41) is 11.6. The summed E-state index contributed by atoms with van der Waals surface area (Å²) in [4.78, 5) is 32.7. The average molecular weight is 471 g/mol. The third-order valence-electron chi connectivity index (χ3n) is 5.96. The molecular formula is C27H22N2O4S. The van der Waals surface area contributed by atoms with Crippen LogP contribution in [0.1, 0.15) is 29.7 Å². The van der Waals surface area contributed by atoms with Gasteiger partial charge in [-0.15, -0.1) is 0 Å². The minimum atomic E-state index is -0.846. The highest BCUT2D eigenvalue weighted by Gasteiger charge is 2.48. The molecule has 0 bridgehead atoms. The molecular weight excluding hydrogens is 448 g/mol. The summed E-state index contributed by atoms with van der Waals surface area (Å²) in [5.74, 6) is -1.11. The molecule has 7 heteroatoms. The maximum atomic E-state index is 13.4.